The molecule has 0 bridgehead atoms. The van der Waals surface area contributed by atoms with E-state index >= 15 is 0 Å². The molecule has 1 amide bonds. The molecule has 5 nitrogen and oxygen atoms in total. The SMILES string of the molecule is CCC(NC(=O)C1CCN(Cc2ccc(F)cc2)CC1)c1ccc(OC)c(OC)c1. The van der Waals surface area contributed by atoms with Crippen LogP contribution in [0, 0.1) is 11.7 Å². The Labute approximate surface area is 178 Å². The van der Waals surface area contributed by atoms with E-state index in [4.69, 9.17) is 9.47 Å². The highest BCUT2D eigenvalue weighted by Crippen LogP contribution is 2.31. The highest BCUT2D eigenvalue weighted by atomic mass is 19.1. The second kappa shape index (κ2) is 10.4. The highest BCUT2D eigenvalue weighted by Gasteiger charge is 2.27. The Bertz CT molecular complexity index is 833. The summed E-state index contributed by atoms with van der Waals surface area (Å²) in [4.78, 5) is 15.2. The Balaban J connectivity index is 1.54. The van der Waals surface area contributed by atoms with Gasteiger partial charge in [0.15, 0.2) is 11.5 Å². The average Bonchev–Trinajstić information content (AvgIpc) is 2.78. The first-order chi connectivity index (χ1) is 14.5. The van der Waals surface area contributed by atoms with Crippen LogP contribution >= 0.6 is 0 Å². The molecular formula is C24H31FN2O3. The van der Waals surface area contributed by atoms with Crippen LogP contribution in [-0.4, -0.2) is 38.1 Å². The predicted octanol–water partition coefficient (Wildman–Crippen LogP) is 4.32. The topological polar surface area (TPSA) is 50.8 Å². The minimum atomic E-state index is -0.214. The maximum atomic E-state index is 13.1. The van der Waals surface area contributed by atoms with Crippen LogP contribution in [0.3, 0.4) is 0 Å². The van der Waals surface area contributed by atoms with Gasteiger partial charge in [0.1, 0.15) is 5.82 Å². The van der Waals surface area contributed by atoms with Crippen LogP contribution in [0.15, 0.2) is 42.5 Å². The van der Waals surface area contributed by atoms with E-state index in [-0.39, 0.29) is 23.7 Å². The number of amides is 1. The number of rotatable bonds is 8. The zero-order valence-electron chi connectivity index (χ0n) is 18.0. The van der Waals surface area contributed by atoms with Gasteiger partial charge < -0.3 is 14.8 Å². The Morgan fingerprint density at radius 3 is 2.37 bits per heavy atom. The quantitative estimate of drug-likeness (QED) is 0.699. The second-order valence-corrected chi connectivity index (χ2v) is 7.76. The molecule has 0 aliphatic carbocycles. The van der Waals surface area contributed by atoms with Crippen molar-refractivity contribution in [2.75, 3.05) is 27.3 Å². The van der Waals surface area contributed by atoms with E-state index < -0.39 is 0 Å². The van der Waals surface area contributed by atoms with E-state index in [9.17, 15) is 9.18 Å². The fraction of sp³-hybridized carbons (Fsp3) is 0.458. The number of carbonyl (C=O) groups excluding carboxylic acids is 1. The predicted molar refractivity (Wildman–Crippen MR) is 115 cm³/mol. The van der Waals surface area contributed by atoms with Gasteiger partial charge in [-0.15, -0.1) is 0 Å². The van der Waals surface area contributed by atoms with Crippen molar-refractivity contribution in [3.63, 3.8) is 0 Å². The molecule has 30 heavy (non-hydrogen) atoms. The molecule has 6 heteroatoms. The highest BCUT2D eigenvalue weighted by molar-refractivity contribution is 5.79. The zero-order chi connectivity index (χ0) is 21.5. The van der Waals surface area contributed by atoms with E-state index in [0.29, 0.717) is 11.5 Å². The first kappa shape index (κ1) is 22.1. The lowest BCUT2D eigenvalue weighted by Crippen LogP contribution is -2.41. The minimum Gasteiger partial charge on any atom is -0.493 e. The molecule has 0 radical (unpaired) electrons. The number of hydrogen-bond acceptors (Lipinski definition) is 4. The molecule has 1 atom stereocenters. The van der Waals surface area contributed by atoms with Gasteiger partial charge in [-0.2, -0.15) is 0 Å². The maximum Gasteiger partial charge on any atom is 0.223 e. The normalized spacial score (nSPS) is 16.1. The fourth-order valence-corrected chi connectivity index (χ4v) is 3.98. The summed E-state index contributed by atoms with van der Waals surface area (Å²) in [5, 5.41) is 3.22. The molecule has 2 aromatic rings. The average molecular weight is 415 g/mol. The number of ether oxygens (including phenoxy) is 2. The first-order valence-corrected chi connectivity index (χ1v) is 10.5. The lowest BCUT2D eigenvalue weighted by molar-refractivity contribution is -0.127. The van der Waals surface area contributed by atoms with Gasteiger partial charge >= 0.3 is 0 Å². The molecule has 0 saturated carbocycles. The summed E-state index contributed by atoms with van der Waals surface area (Å²) in [6.45, 7) is 4.58. The summed E-state index contributed by atoms with van der Waals surface area (Å²) >= 11 is 0. The molecule has 2 aromatic carbocycles. The van der Waals surface area contributed by atoms with Crippen LogP contribution in [0.4, 0.5) is 4.39 Å². The van der Waals surface area contributed by atoms with E-state index in [2.05, 4.69) is 17.1 Å². The summed E-state index contributed by atoms with van der Waals surface area (Å²) < 4.78 is 23.8. The monoisotopic (exact) mass is 414 g/mol. The number of halogens is 1. The zero-order valence-corrected chi connectivity index (χ0v) is 18.0. The van der Waals surface area contributed by atoms with Crippen LogP contribution in [0.5, 0.6) is 11.5 Å². The first-order valence-electron chi connectivity index (χ1n) is 10.5. The molecule has 3 rings (SSSR count). The van der Waals surface area contributed by atoms with Gasteiger partial charge in [-0.3, -0.25) is 9.69 Å². The molecule has 162 valence electrons. The number of methoxy groups -OCH3 is 2. The molecule has 1 fully saturated rings. The van der Waals surface area contributed by atoms with Gasteiger partial charge in [0.25, 0.3) is 0 Å². The summed E-state index contributed by atoms with van der Waals surface area (Å²) in [5.74, 6) is 1.25. The maximum absolute atomic E-state index is 13.1. The second-order valence-electron chi connectivity index (χ2n) is 7.76. The number of benzene rings is 2. The Kier molecular flexibility index (Phi) is 7.69. The van der Waals surface area contributed by atoms with Crippen LogP contribution in [0.1, 0.15) is 43.4 Å². The minimum absolute atomic E-state index is 0.0173. The third-order valence-electron chi connectivity index (χ3n) is 5.81. The van der Waals surface area contributed by atoms with Gasteiger partial charge in [0, 0.05) is 12.5 Å². The molecule has 1 saturated heterocycles. The molecule has 0 spiro atoms. The number of likely N-dealkylation sites (tertiary alicyclic amines) is 1. The van der Waals surface area contributed by atoms with Crippen molar-refractivity contribution in [1.82, 2.24) is 10.2 Å². The van der Waals surface area contributed by atoms with Crippen molar-refractivity contribution in [1.29, 1.82) is 0 Å². The summed E-state index contributed by atoms with van der Waals surface area (Å²) in [5.41, 5.74) is 2.11. The van der Waals surface area contributed by atoms with Crippen molar-refractivity contribution in [2.24, 2.45) is 5.92 Å². The molecule has 1 aliphatic heterocycles. The number of carbonyl (C=O) groups is 1. The van der Waals surface area contributed by atoms with Crippen LogP contribution < -0.4 is 14.8 Å². The van der Waals surface area contributed by atoms with Gasteiger partial charge in [0.05, 0.1) is 20.3 Å². The van der Waals surface area contributed by atoms with Gasteiger partial charge in [-0.25, -0.2) is 4.39 Å². The largest absolute Gasteiger partial charge is 0.493 e. The van der Waals surface area contributed by atoms with Crippen molar-refractivity contribution in [3.8, 4) is 11.5 Å². The Morgan fingerprint density at radius 2 is 1.77 bits per heavy atom. The smallest absolute Gasteiger partial charge is 0.223 e. The summed E-state index contributed by atoms with van der Waals surface area (Å²) in [6, 6.07) is 12.3. The van der Waals surface area contributed by atoms with Crippen molar-refractivity contribution >= 4 is 5.91 Å². The number of piperidine rings is 1. The molecule has 1 aliphatic rings. The summed E-state index contributed by atoms with van der Waals surface area (Å²) in [7, 11) is 3.22. The van der Waals surface area contributed by atoms with Gasteiger partial charge in [-0.05, 0) is 67.7 Å². The van der Waals surface area contributed by atoms with E-state index in [1.165, 1.54) is 12.1 Å². The van der Waals surface area contributed by atoms with Crippen LogP contribution in [0.25, 0.3) is 0 Å². The van der Waals surface area contributed by atoms with E-state index in [1.807, 2.05) is 30.3 Å². The van der Waals surface area contributed by atoms with Crippen LogP contribution in [-0.2, 0) is 11.3 Å². The summed E-state index contributed by atoms with van der Waals surface area (Å²) in [6.07, 6.45) is 2.45. The van der Waals surface area contributed by atoms with Gasteiger partial charge in [0.2, 0.25) is 5.91 Å². The number of hydrogen-bond donors (Lipinski definition) is 1. The Morgan fingerprint density at radius 1 is 1.10 bits per heavy atom. The van der Waals surface area contributed by atoms with E-state index in [1.54, 1.807) is 14.2 Å². The lowest BCUT2D eigenvalue weighted by atomic mass is 9.94. The fourth-order valence-electron chi connectivity index (χ4n) is 3.98. The van der Waals surface area contributed by atoms with Crippen molar-refractivity contribution in [3.05, 3.63) is 59.4 Å². The van der Waals surface area contributed by atoms with Crippen molar-refractivity contribution in [2.45, 2.75) is 38.8 Å². The van der Waals surface area contributed by atoms with E-state index in [0.717, 1.165) is 50.0 Å². The van der Waals surface area contributed by atoms with Crippen molar-refractivity contribution < 1.29 is 18.7 Å². The van der Waals surface area contributed by atoms with Crippen LogP contribution in [0.2, 0.25) is 0 Å². The number of nitrogens with zero attached hydrogens (tertiary/aromatic N) is 1. The molecular weight excluding hydrogens is 383 g/mol. The molecule has 0 aromatic heterocycles. The molecule has 1 unspecified atom stereocenters. The third-order valence-corrected chi connectivity index (χ3v) is 5.81. The lowest BCUT2D eigenvalue weighted by Gasteiger charge is -2.32. The number of nitrogens with one attached hydrogen (secondary N) is 1. The standard InChI is InChI=1S/C24H31FN2O3/c1-4-21(19-7-10-22(29-2)23(15-19)30-3)26-24(28)18-11-13-27(14-12-18)16-17-5-8-20(25)9-6-17/h5-10,15,18,21H,4,11-14,16H2,1-3H3,(H,26,28). The molecule has 1 N–H and O–H groups in total. The van der Waals surface area contributed by atoms with Gasteiger partial charge in [-0.1, -0.05) is 25.1 Å². The molecule has 1 heterocycles. The third kappa shape index (κ3) is 5.51. The Hall–Kier alpha value is -2.60.